The van der Waals surface area contributed by atoms with Crippen LogP contribution in [0.1, 0.15) is 32.3 Å². The van der Waals surface area contributed by atoms with Crippen molar-refractivity contribution in [1.29, 1.82) is 0 Å². The second-order valence-electron chi connectivity index (χ2n) is 5.81. The quantitative estimate of drug-likeness (QED) is 0.892. The van der Waals surface area contributed by atoms with Gasteiger partial charge in [-0.05, 0) is 49.5 Å². The minimum absolute atomic E-state index is 0.580. The average Bonchev–Trinajstić information content (AvgIpc) is 2.42. The summed E-state index contributed by atoms with van der Waals surface area (Å²) in [5.41, 5.74) is 0.844. The molecule has 0 aliphatic carbocycles. The van der Waals surface area contributed by atoms with E-state index in [1.54, 1.807) is 6.07 Å². The SMILES string of the molecule is CCCNC1CCN(Cc2ccc(F)c(F)c2)CC1C. The molecule has 0 radical (unpaired) electrons. The molecule has 2 rings (SSSR count). The van der Waals surface area contributed by atoms with E-state index in [4.69, 9.17) is 0 Å². The number of hydrogen-bond donors (Lipinski definition) is 1. The average molecular weight is 282 g/mol. The fourth-order valence-electron chi connectivity index (χ4n) is 2.90. The lowest BCUT2D eigenvalue weighted by molar-refractivity contribution is 0.141. The van der Waals surface area contributed by atoms with E-state index in [1.807, 2.05) is 0 Å². The summed E-state index contributed by atoms with van der Waals surface area (Å²) in [6.45, 7) is 8.20. The van der Waals surface area contributed by atoms with Crippen molar-refractivity contribution in [3.05, 3.63) is 35.4 Å². The molecule has 2 atom stereocenters. The predicted molar refractivity (Wildman–Crippen MR) is 77.5 cm³/mol. The fourth-order valence-corrected chi connectivity index (χ4v) is 2.90. The molecule has 0 spiro atoms. The summed E-state index contributed by atoms with van der Waals surface area (Å²) in [5.74, 6) is -0.944. The molecule has 1 N–H and O–H groups in total. The number of benzene rings is 1. The summed E-state index contributed by atoms with van der Waals surface area (Å²) >= 11 is 0. The first kappa shape index (κ1) is 15.4. The van der Waals surface area contributed by atoms with Crippen LogP contribution in [0.15, 0.2) is 18.2 Å². The van der Waals surface area contributed by atoms with Gasteiger partial charge in [0.1, 0.15) is 0 Å². The van der Waals surface area contributed by atoms with Crippen molar-refractivity contribution in [2.75, 3.05) is 19.6 Å². The maximum atomic E-state index is 13.2. The van der Waals surface area contributed by atoms with Gasteiger partial charge in [-0.15, -0.1) is 0 Å². The summed E-state index contributed by atoms with van der Waals surface area (Å²) in [5, 5.41) is 3.59. The monoisotopic (exact) mass is 282 g/mol. The first-order valence-corrected chi connectivity index (χ1v) is 7.49. The number of likely N-dealkylation sites (tertiary alicyclic amines) is 1. The van der Waals surface area contributed by atoms with E-state index >= 15 is 0 Å². The Morgan fingerprint density at radius 1 is 1.30 bits per heavy atom. The second kappa shape index (κ2) is 7.14. The zero-order valence-electron chi connectivity index (χ0n) is 12.3. The largest absolute Gasteiger partial charge is 0.314 e. The molecule has 1 aromatic carbocycles. The van der Waals surface area contributed by atoms with Crippen molar-refractivity contribution in [1.82, 2.24) is 10.2 Å². The molecule has 1 saturated heterocycles. The summed E-state index contributed by atoms with van der Waals surface area (Å²) in [6.07, 6.45) is 2.27. The minimum atomic E-state index is -0.774. The summed E-state index contributed by atoms with van der Waals surface area (Å²) < 4.78 is 26.1. The van der Waals surface area contributed by atoms with E-state index in [-0.39, 0.29) is 0 Å². The van der Waals surface area contributed by atoms with Crippen molar-refractivity contribution in [2.24, 2.45) is 5.92 Å². The van der Waals surface area contributed by atoms with E-state index < -0.39 is 11.6 Å². The summed E-state index contributed by atoms with van der Waals surface area (Å²) in [7, 11) is 0. The number of nitrogens with zero attached hydrogens (tertiary/aromatic N) is 1. The molecule has 4 heteroatoms. The second-order valence-corrected chi connectivity index (χ2v) is 5.81. The fraction of sp³-hybridized carbons (Fsp3) is 0.625. The highest BCUT2D eigenvalue weighted by Crippen LogP contribution is 2.19. The third kappa shape index (κ3) is 4.00. The molecule has 1 aliphatic heterocycles. The topological polar surface area (TPSA) is 15.3 Å². The maximum absolute atomic E-state index is 13.2. The molecule has 20 heavy (non-hydrogen) atoms. The van der Waals surface area contributed by atoms with Crippen LogP contribution in [0.5, 0.6) is 0 Å². The zero-order chi connectivity index (χ0) is 14.5. The van der Waals surface area contributed by atoms with Gasteiger partial charge in [0.05, 0.1) is 0 Å². The third-order valence-electron chi connectivity index (χ3n) is 4.04. The van der Waals surface area contributed by atoms with E-state index in [0.29, 0.717) is 18.5 Å². The van der Waals surface area contributed by atoms with Crippen LogP contribution in [-0.4, -0.2) is 30.6 Å². The van der Waals surface area contributed by atoms with Crippen molar-refractivity contribution >= 4 is 0 Å². The third-order valence-corrected chi connectivity index (χ3v) is 4.04. The smallest absolute Gasteiger partial charge is 0.159 e. The highest BCUT2D eigenvalue weighted by molar-refractivity contribution is 5.17. The Bertz CT molecular complexity index is 436. The highest BCUT2D eigenvalue weighted by Gasteiger charge is 2.25. The Kier molecular flexibility index (Phi) is 5.49. The molecule has 1 fully saturated rings. The normalized spacial score (nSPS) is 24.0. The molecule has 0 aromatic heterocycles. The lowest BCUT2D eigenvalue weighted by Gasteiger charge is -2.37. The van der Waals surface area contributed by atoms with E-state index in [2.05, 4.69) is 24.1 Å². The Morgan fingerprint density at radius 2 is 2.10 bits per heavy atom. The summed E-state index contributed by atoms with van der Waals surface area (Å²) in [6, 6.07) is 4.77. The maximum Gasteiger partial charge on any atom is 0.159 e. The number of piperidine rings is 1. The number of hydrogen-bond acceptors (Lipinski definition) is 2. The number of nitrogens with one attached hydrogen (secondary N) is 1. The lowest BCUT2D eigenvalue weighted by Crippen LogP contribution is -2.48. The molecule has 1 aliphatic rings. The Hall–Kier alpha value is -1.00. The van der Waals surface area contributed by atoms with E-state index in [9.17, 15) is 8.78 Å². The van der Waals surface area contributed by atoms with Crippen molar-refractivity contribution < 1.29 is 8.78 Å². The molecule has 112 valence electrons. The minimum Gasteiger partial charge on any atom is -0.314 e. The van der Waals surface area contributed by atoms with Crippen molar-refractivity contribution in [3.63, 3.8) is 0 Å². The van der Waals surface area contributed by atoms with Gasteiger partial charge in [-0.3, -0.25) is 4.90 Å². The first-order valence-electron chi connectivity index (χ1n) is 7.49. The van der Waals surface area contributed by atoms with Crippen LogP contribution in [0.2, 0.25) is 0 Å². The van der Waals surface area contributed by atoms with Crippen LogP contribution in [0.3, 0.4) is 0 Å². The molecule has 0 amide bonds. The van der Waals surface area contributed by atoms with Crippen LogP contribution < -0.4 is 5.32 Å². The Morgan fingerprint density at radius 3 is 2.75 bits per heavy atom. The van der Waals surface area contributed by atoms with Crippen molar-refractivity contribution in [3.8, 4) is 0 Å². The molecule has 1 heterocycles. The standard InChI is InChI=1S/C16H24F2N2/c1-3-7-19-16-6-8-20(10-12(16)2)11-13-4-5-14(17)15(18)9-13/h4-5,9,12,16,19H,3,6-8,10-11H2,1-2H3. The molecular weight excluding hydrogens is 258 g/mol. The lowest BCUT2D eigenvalue weighted by atomic mass is 9.93. The number of halogens is 2. The van der Waals surface area contributed by atoms with E-state index in [1.165, 1.54) is 12.1 Å². The van der Waals surface area contributed by atoms with Gasteiger partial charge in [-0.25, -0.2) is 8.78 Å². The molecular formula is C16H24F2N2. The van der Waals surface area contributed by atoms with Crippen LogP contribution >= 0.6 is 0 Å². The van der Waals surface area contributed by atoms with Gasteiger partial charge in [-0.1, -0.05) is 19.9 Å². The molecule has 0 saturated carbocycles. The van der Waals surface area contributed by atoms with Gasteiger partial charge in [0, 0.05) is 19.1 Å². The van der Waals surface area contributed by atoms with Gasteiger partial charge in [0.25, 0.3) is 0 Å². The van der Waals surface area contributed by atoms with Crippen LogP contribution in [0, 0.1) is 17.6 Å². The van der Waals surface area contributed by atoms with Crippen molar-refractivity contribution in [2.45, 2.75) is 39.3 Å². The Labute approximate surface area is 120 Å². The summed E-state index contributed by atoms with van der Waals surface area (Å²) in [4.78, 5) is 2.32. The van der Waals surface area contributed by atoms with Gasteiger partial charge >= 0.3 is 0 Å². The predicted octanol–water partition coefficient (Wildman–Crippen LogP) is 3.17. The van der Waals surface area contributed by atoms with Gasteiger partial charge in [0.2, 0.25) is 0 Å². The molecule has 2 unspecified atom stereocenters. The Balaban J connectivity index is 1.87. The molecule has 1 aromatic rings. The van der Waals surface area contributed by atoms with E-state index in [0.717, 1.165) is 38.0 Å². The van der Waals surface area contributed by atoms with Crippen LogP contribution in [0.25, 0.3) is 0 Å². The molecule has 0 bridgehead atoms. The highest BCUT2D eigenvalue weighted by atomic mass is 19.2. The zero-order valence-corrected chi connectivity index (χ0v) is 12.3. The van der Waals surface area contributed by atoms with Crippen LogP contribution in [-0.2, 0) is 6.54 Å². The van der Waals surface area contributed by atoms with Gasteiger partial charge < -0.3 is 5.32 Å². The molecule has 2 nitrogen and oxygen atoms in total. The number of rotatable bonds is 5. The van der Waals surface area contributed by atoms with Gasteiger partial charge in [-0.2, -0.15) is 0 Å². The first-order chi connectivity index (χ1) is 9.60. The van der Waals surface area contributed by atoms with Gasteiger partial charge in [0.15, 0.2) is 11.6 Å². The van der Waals surface area contributed by atoms with Crippen LogP contribution in [0.4, 0.5) is 8.78 Å².